The Morgan fingerprint density at radius 3 is 2.43 bits per heavy atom. The Hall–Kier alpha value is -1.99. The molecule has 1 saturated heterocycles. The molecule has 126 valence electrons. The minimum absolute atomic E-state index is 0.220. The van der Waals surface area contributed by atoms with E-state index >= 15 is 0 Å². The molecule has 1 aromatic carbocycles. The normalized spacial score (nSPS) is 16.7. The summed E-state index contributed by atoms with van der Waals surface area (Å²) < 4.78 is 12.9. The molecule has 0 saturated carbocycles. The Morgan fingerprint density at radius 1 is 1.09 bits per heavy atom. The van der Waals surface area contributed by atoms with E-state index in [0.717, 1.165) is 44.7 Å². The molecule has 6 nitrogen and oxygen atoms in total. The van der Waals surface area contributed by atoms with E-state index < -0.39 is 5.97 Å². The quantitative estimate of drug-likeness (QED) is 0.799. The molecule has 1 amide bonds. The van der Waals surface area contributed by atoms with Crippen molar-refractivity contribution in [3.63, 3.8) is 0 Å². The number of rotatable bonds is 6. The maximum atomic E-state index is 12.9. The summed E-state index contributed by atoms with van der Waals surface area (Å²) in [6.45, 7) is 3.94. The maximum Gasteiger partial charge on any atom is 0.322 e. The van der Waals surface area contributed by atoms with Crippen LogP contribution >= 0.6 is 0 Å². The summed E-state index contributed by atoms with van der Waals surface area (Å²) in [6.07, 6.45) is 0.938. The van der Waals surface area contributed by atoms with E-state index in [1.54, 1.807) is 12.1 Å². The van der Waals surface area contributed by atoms with Gasteiger partial charge in [-0.15, -0.1) is 0 Å². The third-order valence-electron chi connectivity index (χ3n) is 3.80. The number of benzene rings is 1. The van der Waals surface area contributed by atoms with E-state index in [0.29, 0.717) is 0 Å². The van der Waals surface area contributed by atoms with Gasteiger partial charge in [-0.1, -0.05) is 12.1 Å². The number of amides is 1. The summed E-state index contributed by atoms with van der Waals surface area (Å²) in [5.74, 6) is -1.54. The minimum atomic E-state index is -1.04. The number of aliphatic carboxylic acids is 1. The molecule has 1 fully saturated rings. The number of carbonyl (C=O) groups excluding carboxylic acids is 1. The molecule has 0 spiro atoms. The number of nitrogens with one attached hydrogen (secondary N) is 1. The molecule has 2 N–H and O–H groups in total. The first-order valence-electron chi connectivity index (χ1n) is 7.70. The molecule has 0 radical (unpaired) electrons. The number of hydrogen-bond donors (Lipinski definition) is 2. The summed E-state index contributed by atoms with van der Waals surface area (Å²) in [4.78, 5) is 26.4. The van der Waals surface area contributed by atoms with Crippen molar-refractivity contribution in [2.24, 2.45) is 0 Å². The zero-order chi connectivity index (χ0) is 16.7. The molecule has 1 aromatic rings. The molecule has 0 atom stereocenters. The van der Waals surface area contributed by atoms with Crippen LogP contribution in [0.3, 0.4) is 0 Å². The number of carboxylic acid groups (broad SMARTS) is 1. The van der Waals surface area contributed by atoms with Gasteiger partial charge in [0.2, 0.25) is 5.91 Å². The second-order valence-corrected chi connectivity index (χ2v) is 5.70. The van der Waals surface area contributed by atoms with Gasteiger partial charge in [0.1, 0.15) is 12.4 Å². The molecule has 2 rings (SSSR count). The lowest BCUT2D eigenvalue weighted by Gasteiger charge is -2.21. The molecule has 0 aliphatic carbocycles. The molecule has 1 aliphatic heterocycles. The fourth-order valence-corrected chi connectivity index (χ4v) is 2.62. The molecule has 0 bridgehead atoms. The smallest absolute Gasteiger partial charge is 0.322 e. The molecule has 1 aliphatic rings. The van der Waals surface area contributed by atoms with E-state index in [9.17, 15) is 14.0 Å². The van der Waals surface area contributed by atoms with E-state index in [1.165, 1.54) is 12.1 Å². The lowest BCUT2D eigenvalue weighted by Crippen LogP contribution is -2.40. The third kappa shape index (κ3) is 6.33. The topological polar surface area (TPSA) is 72.9 Å². The van der Waals surface area contributed by atoms with Crippen LogP contribution in [0.4, 0.5) is 4.39 Å². The lowest BCUT2D eigenvalue weighted by molar-refractivity contribution is -0.138. The molecule has 0 unspecified atom stereocenters. The summed E-state index contributed by atoms with van der Waals surface area (Å²) in [7, 11) is 0. The predicted molar refractivity (Wildman–Crippen MR) is 83.4 cm³/mol. The van der Waals surface area contributed by atoms with Gasteiger partial charge in [0.05, 0.1) is 6.54 Å². The molecular formula is C16H22FN3O3. The Bertz CT molecular complexity index is 536. The fraction of sp³-hybridized carbons (Fsp3) is 0.500. The van der Waals surface area contributed by atoms with Crippen LogP contribution in [0.1, 0.15) is 12.0 Å². The van der Waals surface area contributed by atoms with Crippen molar-refractivity contribution < 1.29 is 19.1 Å². The van der Waals surface area contributed by atoms with Crippen LogP contribution < -0.4 is 5.32 Å². The highest BCUT2D eigenvalue weighted by Crippen LogP contribution is 2.10. The monoisotopic (exact) mass is 323 g/mol. The van der Waals surface area contributed by atoms with Gasteiger partial charge in [-0.2, -0.15) is 0 Å². The summed E-state index contributed by atoms with van der Waals surface area (Å²) >= 11 is 0. The minimum Gasteiger partial charge on any atom is -0.480 e. The Kier molecular flexibility index (Phi) is 6.49. The number of carboxylic acids is 1. The van der Waals surface area contributed by atoms with Crippen LogP contribution in [0.2, 0.25) is 0 Å². The van der Waals surface area contributed by atoms with Crippen molar-refractivity contribution in [2.45, 2.75) is 13.0 Å². The van der Waals surface area contributed by atoms with Crippen molar-refractivity contribution in [1.82, 2.24) is 15.1 Å². The van der Waals surface area contributed by atoms with Crippen LogP contribution in [0.25, 0.3) is 0 Å². The third-order valence-corrected chi connectivity index (χ3v) is 3.80. The number of nitrogens with zero attached hydrogens (tertiary/aromatic N) is 2. The fourth-order valence-electron chi connectivity index (χ4n) is 2.62. The second kappa shape index (κ2) is 8.59. The van der Waals surface area contributed by atoms with Gasteiger partial charge in [0.15, 0.2) is 0 Å². The van der Waals surface area contributed by atoms with Crippen molar-refractivity contribution in [3.8, 4) is 0 Å². The summed E-state index contributed by atoms with van der Waals surface area (Å²) in [5, 5.41) is 10.9. The average Bonchev–Trinajstić information content (AvgIpc) is 2.73. The Balaban J connectivity index is 1.76. The van der Waals surface area contributed by atoms with Gasteiger partial charge >= 0.3 is 5.97 Å². The van der Waals surface area contributed by atoms with Crippen molar-refractivity contribution in [3.05, 3.63) is 35.6 Å². The molecule has 0 aromatic heterocycles. The van der Waals surface area contributed by atoms with Gasteiger partial charge in [-0.05, 0) is 37.2 Å². The zero-order valence-corrected chi connectivity index (χ0v) is 13.0. The van der Waals surface area contributed by atoms with Gasteiger partial charge < -0.3 is 10.4 Å². The number of hydrogen-bond acceptors (Lipinski definition) is 4. The molecule has 7 heteroatoms. The predicted octanol–water partition coefficient (Wildman–Crippen LogP) is 0.534. The largest absolute Gasteiger partial charge is 0.480 e. The number of halogens is 1. The highest BCUT2D eigenvalue weighted by Gasteiger charge is 2.17. The zero-order valence-electron chi connectivity index (χ0n) is 13.0. The van der Waals surface area contributed by atoms with Crippen LogP contribution in [-0.2, 0) is 16.1 Å². The van der Waals surface area contributed by atoms with Gasteiger partial charge in [-0.3, -0.25) is 19.4 Å². The lowest BCUT2D eigenvalue weighted by atomic mass is 10.2. The highest BCUT2D eigenvalue weighted by atomic mass is 19.1. The van der Waals surface area contributed by atoms with Crippen molar-refractivity contribution in [1.29, 1.82) is 0 Å². The van der Waals surface area contributed by atoms with Crippen molar-refractivity contribution in [2.75, 3.05) is 39.3 Å². The first kappa shape index (κ1) is 17.4. The van der Waals surface area contributed by atoms with Gasteiger partial charge in [0, 0.05) is 19.6 Å². The highest BCUT2D eigenvalue weighted by molar-refractivity contribution is 5.82. The van der Waals surface area contributed by atoms with E-state index in [-0.39, 0.29) is 24.8 Å². The van der Waals surface area contributed by atoms with E-state index in [1.807, 2.05) is 4.90 Å². The van der Waals surface area contributed by atoms with Crippen LogP contribution in [-0.4, -0.2) is 66.1 Å². The van der Waals surface area contributed by atoms with E-state index in [2.05, 4.69) is 10.2 Å². The van der Waals surface area contributed by atoms with Crippen LogP contribution in [0.15, 0.2) is 24.3 Å². The molecule has 23 heavy (non-hydrogen) atoms. The van der Waals surface area contributed by atoms with Gasteiger partial charge in [-0.25, -0.2) is 4.39 Å². The maximum absolute atomic E-state index is 12.9. The first-order chi connectivity index (χ1) is 11.0. The second-order valence-electron chi connectivity index (χ2n) is 5.70. The Labute approximate surface area is 134 Å². The summed E-state index contributed by atoms with van der Waals surface area (Å²) in [6, 6.07) is 6.51. The van der Waals surface area contributed by atoms with Crippen LogP contribution in [0, 0.1) is 5.82 Å². The SMILES string of the molecule is O=C(O)CNC(=O)CN1CCCN(Cc2ccc(F)cc2)CC1. The van der Waals surface area contributed by atoms with Gasteiger partial charge in [0.25, 0.3) is 0 Å². The van der Waals surface area contributed by atoms with Crippen molar-refractivity contribution >= 4 is 11.9 Å². The number of carbonyl (C=O) groups is 2. The average molecular weight is 323 g/mol. The van der Waals surface area contributed by atoms with Crippen LogP contribution in [0.5, 0.6) is 0 Å². The standard InChI is InChI=1S/C16H22FN3O3/c17-14-4-2-13(3-5-14)11-19-6-1-7-20(9-8-19)12-15(21)18-10-16(22)23/h2-5H,1,6-12H2,(H,18,21)(H,22,23). The molecule has 1 heterocycles. The molecular weight excluding hydrogens is 301 g/mol. The van der Waals surface area contributed by atoms with E-state index in [4.69, 9.17) is 5.11 Å². The Morgan fingerprint density at radius 2 is 1.74 bits per heavy atom. The first-order valence-corrected chi connectivity index (χ1v) is 7.70. The summed E-state index contributed by atoms with van der Waals surface area (Å²) in [5.41, 5.74) is 1.07.